The molecule has 0 aromatic carbocycles. The number of hydrogen-bond acceptors (Lipinski definition) is 7. The second-order valence-corrected chi connectivity index (χ2v) is 6.01. The van der Waals surface area contributed by atoms with Crippen LogP contribution in [0.15, 0.2) is 0 Å². The number of nitrogen functional groups attached to an aromatic ring is 1. The largest absolute Gasteiger partial charge is 0.368 e. The topological polar surface area (TPSA) is 107 Å². The molecular formula is C12H19N5O2S. The molecular weight excluding hydrogens is 278 g/mol. The van der Waals surface area contributed by atoms with Crippen molar-refractivity contribution in [1.82, 2.24) is 9.97 Å². The molecule has 0 bridgehead atoms. The van der Waals surface area contributed by atoms with Crippen molar-refractivity contribution < 1.29 is 4.92 Å². The highest BCUT2D eigenvalue weighted by Gasteiger charge is 2.29. The molecule has 1 aromatic heterocycles. The minimum Gasteiger partial charge on any atom is -0.368 e. The lowest BCUT2D eigenvalue weighted by molar-refractivity contribution is -0.385. The Morgan fingerprint density at radius 3 is 2.75 bits per heavy atom. The first-order valence-corrected chi connectivity index (χ1v) is 7.89. The summed E-state index contributed by atoms with van der Waals surface area (Å²) in [6, 6.07) is 0.186. The van der Waals surface area contributed by atoms with E-state index >= 15 is 0 Å². The summed E-state index contributed by atoms with van der Waals surface area (Å²) in [4.78, 5) is 18.6. The van der Waals surface area contributed by atoms with E-state index in [4.69, 9.17) is 5.73 Å². The van der Waals surface area contributed by atoms with Gasteiger partial charge in [-0.05, 0) is 26.0 Å². The Kier molecular flexibility index (Phi) is 4.64. The number of anilines is 2. The van der Waals surface area contributed by atoms with Gasteiger partial charge in [0.1, 0.15) is 5.69 Å². The monoisotopic (exact) mass is 297 g/mol. The molecule has 0 amide bonds. The van der Waals surface area contributed by atoms with Gasteiger partial charge in [-0.2, -0.15) is 16.7 Å². The second kappa shape index (κ2) is 6.25. The van der Waals surface area contributed by atoms with Crippen LogP contribution in [0.1, 0.15) is 31.4 Å². The van der Waals surface area contributed by atoms with E-state index in [2.05, 4.69) is 21.5 Å². The number of hydrogen-bond donors (Lipinski definition) is 2. The summed E-state index contributed by atoms with van der Waals surface area (Å²) in [5.41, 5.74) is 5.82. The summed E-state index contributed by atoms with van der Waals surface area (Å²) < 4.78 is 0. The molecule has 0 aliphatic heterocycles. The quantitative estimate of drug-likeness (QED) is 0.648. The van der Waals surface area contributed by atoms with Gasteiger partial charge in [-0.25, -0.2) is 4.98 Å². The van der Waals surface area contributed by atoms with E-state index in [0.29, 0.717) is 10.9 Å². The first-order chi connectivity index (χ1) is 9.52. The van der Waals surface area contributed by atoms with E-state index < -0.39 is 4.92 Å². The standard InChI is InChI=1S/C12H19N5O2S/c1-7-10(17(18)19)11(16-12(13)14-7)15-8-5-3-4-6-9(8)20-2/h8-9H,3-6H2,1-2H3,(H3,13,14,15,16). The van der Waals surface area contributed by atoms with Crippen LogP contribution in [0.5, 0.6) is 0 Å². The summed E-state index contributed by atoms with van der Waals surface area (Å²) in [6.45, 7) is 1.58. The molecule has 2 atom stereocenters. The summed E-state index contributed by atoms with van der Waals surface area (Å²) in [5, 5.41) is 14.9. The first-order valence-electron chi connectivity index (χ1n) is 6.60. The SMILES string of the molecule is CSC1CCCCC1Nc1nc(N)nc(C)c1[N+](=O)[O-]. The Labute approximate surface area is 121 Å². The molecule has 1 fully saturated rings. The number of aryl methyl sites for hydroxylation is 1. The summed E-state index contributed by atoms with van der Waals surface area (Å²) in [5.74, 6) is 0.304. The molecule has 2 unspecified atom stereocenters. The molecule has 0 radical (unpaired) electrons. The number of nitrogens with one attached hydrogen (secondary N) is 1. The molecule has 110 valence electrons. The molecule has 2 rings (SSSR count). The molecule has 20 heavy (non-hydrogen) atoms. The zero-order valence-electron chi connectivity index (χ0n) is 11.6. The van der Waals surface area contributed by atoms with Crippen LogP contribution >= 0.6 is 11.8 Å². The van der Waals surface area contributed by atoms with Crippen molar-refractivity contribution in [1.29, 1.82) is 0 Å². The van der Waals surface area contributed by atoms with E-state index in [9.17, 15) is 10.1 Å². The van der Waals surface area contributed by atoms with Crippen molar-refractivity contribution >= 4 is 29.2 Å². The molecule has 1 aliphatic rings. The molecule has 8 heteroatoms. The van der Waals surface area contributed by atoms with Gasteiger partial charge in [0.25, 0.3) is 0 Å². The fraction of sp³-hybridized carbons (Fsp3) is 0.667. The van der Waals surface area contributed by atoms with Gasteiger partial charge >= 0.3 is 5.69 Å². The minimum absolute atomic E-state index is 0.0621. The third-order valence-electron chi connectivity index (χ3n) is 3.59. The number of aromatic nitrogens is 2. The average Bonchev–Trinajstić information content (AvgIpc) is 2.38. The smallest absolute Gasteiger partial charge is 0.332 e. The third kappa shape index (κ3) is 3.12. The van der Waals surface area contributed by atoms with Gasteiger partial charge in [-0.1, -0.05) is 12.8 Å². The number of nitrogens with two attached hydrogens (primary N) is 1. The Bertz CT molecular complexity index is 511. The molecule has 3 N–H and O–H groups in total. The zero-order valence-corrected chi connectivity index (χ0v) is 12.4. The van der Waals surface area contributed by atoms with E-state index in [1.807, 2.05) is 0 Å². The van der Waals surface area contributed by atoms with Gasteiger partial charge in [0.2, 0.25) is 11.8 Å². The number of nitrogens with zero attached hydrogens (tertiary/aromatic N) is 3. The van der Waals surface area contributed by atoms with Crippen LogP contribution in [-0.2, 0) is 0 Å². The molecule has 0 saturated heterocycles. The highest BCUT2D eigenvalue weighted by atomic mass is 32.2. The lowest BCUT2D eigenvalue weighted by atomic mass is 9.95. The van der Waals surface area contributed by atoms with Gasteiger partial charge in [0, 0.05) is 11.3 Å². The number of thioether (sulfide) groups is 1. The minimum atomic E-state index is -0.450. The van der Waals surface area contributed by atoms with E-state index in [1.165, 1.54) is 6.42 Å². The zero-order chi connectivity index (χ0) is 14.7. The van der Waals surface area contributed by atoms with Gasteiger partial charge in [0.15, 0.2) is 0 Å². The maximum Gasteiger partial charge on any atom is 0.332 e. The predicted molar refractivity (Wildman–Crippen MR) is 81.0 cm³/mol. The maximum atomic E-state index is 11.2. The van der Waals surface area contributed by atoms with Crippen molar-refractivity contribution in [3.8, 4) is 0 Å². The highest BCUT2D eigenvalue weighted by Crippen LogP contribution is 2.32. The average molecular weight is 297 g/mol. The Hall–Kier alpha value is -1.57. The van der Waals surface area contributed by atoms with Crippen LogP contribution in [-0.4, -0.2) is 32.4 Å². The van der Waals surface area contributed by atoms with Crippen LogP contribution < -0.4 is 11.1 Å². The molecule has 0 spiro atoms. The van der Waals surface area contributed by atoms with Crippen molar-refractivity contribution in [2.45, 2.75) is 43.9 Å². The van der Waals surface area contributed by atoms with Crippen LogP contribution in [0.2, 0.25) is 0 Å². The molecule has 1 saturated carbocycles. The van der Waals surface area contributed by atoms with Crippen molar-refractivity contribution in [2.24, 2.45) is 0 Å². The Morgan fingerprint density at radius 1 is 1.40 bits per heavy atom. The van der Waals surface area contributed by atoms with Crippen molar-refractivity contribution in [3.05, 3.63) is 15.8 Å². The van der Waals surface area contributed by atoms with Crippen LogP contribution in [0.3, 0.4) is 0 Å². The van der Waals surface area contributed by atoms with E-state index in [0.717, 1.165) is 19.3 Å². The Balaban J connectivity index is 2.30. The van der Waals surface area contributed by atoms with E-state index in [1.54, 1.807) is 18.7 Å². The molecule has 1 aliphatic carbocycles. The third-order valence-corrected chi connectivity index (χ3v) is 4.76. The van der Waals surface area contributed by atoms with Crippen LogP contribution in [0, 0.1) is 17.0 Å². The van der Waals surface area contributed by atoms with Crippen molar-refractivity contribution in [3.63, 3.8) is 0 Å². The highest BCUT2D eigenvalue weighted by molar-refractivity contribution is 7.99. The fourth-order valence-corrected chi connectivity index (χ4v) is 3.56. The van der Waals surface area contributed by atoms with Crippen molar-refractivity contribution in [2.75, 3.05) is 17.3 Å². The lowest BCUT2D eigenvalue weighted by Gasteiger charge is -2.31. The Morgan fingerprint density at radius 2 is 2.10 bits per heavy atom. The summed E-state index contributed by atoms with van der Waals surface area (Å²) in [7, 11) is 0. The van der Waals surface area contributed by atoms with Crippen LogP contribution in [0.4, 0.5) is 17.5 Å². The molecule has 7 nitrogen and oxygen atoms in total. The van der Waals surface area contributed by atoms with Gasteiger partial charge < -0.3 is 11.1 Å². The van der Waals surface area contributed by atoms with E-state index in [-0.39, 0.29) is 23.5 Å². The van der Waals surface area contributed by atoms with Gasteiger partial charge in [-0.3, -0.25) is 10.1 Å². The predicted octanol–water partition coefficient (Wildman–Crippen LogP) is 2.36. The summed E-state index contributed by atoms with van der Waals surface area (Å²) in [6.07, 6.45) is 6.51. The van der Waals surface area contributed by atoms with Gasteiger partial charge in [0.05, 0.1) is 4.92 Å². The lowest BCUT2D eigenvalue weighted by Crippen LogP contribution is -2.35. The van der Waals surface area contributed by atoms with Crippen LogP contribution in [0.25, 0.3) is 0 Å². The first kappa shape index (κ1) is 14.8. The molecule has 1 aromatic rings. The molecule has 1 heterocycles. The fourth-order valence-electron chi connectivity index (χ4n) is 2.63. The maximum absolute atomic E-state index is 11.2. The van der Waals surface area contributed by atoms with Gasteiger partial charge in [-0.15, -0.1) is 0 Å². The normalized spacial score (nSPS) is 22.5. The number of rotatable bonds is 4. The summed E-state index contributed by atoms with van der Waals surface area (Å²) >= 11 is 1.79. The number of nitro groups is 1. The second-order valence-electron chi connectivity index (χ2n) is 4.93.